The van der Waals surface area contributed by atoms with Crippen molar-refractivity contribution in [2.75, 3.05) is 0 Å². The van der Waals surface area contributed by atoms with Gasteiger partial charge in [0.2, 0.25) is 0 Å². The smallest absolute Gasteiger partial charge is 0.193 e. The van der Waals surface area contributed by atoms with Crippen LogP contribution in [0.4, 0.5) is 0 Å². The summed E-state index contributed by atoms with van der Waals surface area (Å²) in [5.74, 6) is 1.65. The number of hydrogen-bond acceptors (Lipinski definition) is 4. The van der Waals surface area contributed by atoms with Gasteiger partial charge in [-0.15, -0.1) is 22.7 Å². The normalized spacial score (nSPS) is 11.4. The second-order valence-corrected chi connectivity index (χ2v) is 10.2. The van der Waals surface area contributed by atoms with Crippen LogP contribution < -0.4 is 5.30 Å². The summed E-state index contributed by atoms with van der Waals surface area (Å²) in [6.07, 6.45) is 0. The maximum absolute atomic E-state index is 11.6. The number of rotatable bonds is 4. The molecule has 5 heteroatoms. The van der Waals surface area contributed by atoms with Crippen molar-refractivity contribution in [2.24, 2.45) is 0 Å². The molecule has 0 atom stereocenters. The van der Waals surface area contributed by atoms with Crippen molar-refractivity contribution >= 4 is 36.4 Å². The number of aryl methyl sites for hydroxylation is 4. The van der Waals surface area contributed by atoms with E-state index in [2.05, 4.69) is 45.9 Å². The van der Waals surface area contributed by atoms with E-state index < -0.39 is 0 Å². The van der Waals surface area contributed by atoms with E-state index in [1.165, 1.54) is 25.1 Å². The summed E-state index contributed by atoms with van der Waals surface area (Å²) >= 11 is 3.58. The minimum atomic E-state index is -0.00161. The standard InChI is InChI=1S/C22H19O2PS2/c1-12-9-17(14(3)26-12)19-11-20(16-7-5-6-8-21(16)25-23)24-22(19)18-10-13(2)27-15(18)4/h5-11H,1-4H3. The first-order chi connectivity index (χ1) is 13.0. The third-order valence-corrected chi connectivity index (χ3v) is 7.14. The zero-order valence-corrected chi connectivity index (χ0v) is 18.1. The quantitative estimate of drug-likeness (QED) is 0.325. The van der Waals surface area contributed by atoms with Gasteiger partial charge in [0, 0.05) is 36.2 Å². The van der Waals surface area contributed by atoms with Gasteiger partial charge in [0.25, 0.3) is 0 Å². The summed E-state index contributed by atoms with van der Waals surface area (Å²) in [4.78, 5) is 5.08. The molecule has 0 saturated carbocycles. The molecule has 0 aliphatic heterocycles. The predicted molar refractivity (Wildman–Crippen MR) is 117 cm³/mol. The molecule has 3 aromatic heterocycles. The molecule has 2 nitrogen and oxygen atoms in total. The van der Waals surface area contributed by atoms with Crippen LogP contribution in [-0.4, -0.2) is 0 Å². The van der Waals surface area contributed by atoms with Gasteiger partial charge in [0.05, 0.1) is 5.30 Å². The highest BCUT2D eigenvalue weighted by Gasteiger charge is 2.22. The average molecular weight is 411 g/mol. The maximum Gasteiger partial charge on any atom is 0.193 e. The first-order valence-corrected chi connectivity index (χ1v) is 11.1. The van der Waals surface area contributed by atoms with Gasteiger partial charge < -0.3 is 4.42 Å². The lowest BCUT2D eigenvalue weighted by Gasteiger charge is -2.02. The molecule has 4 rings (SSSR count). The van der Waals surface area contributed by atoms with Gasteiger partial charge in [0.1, 0.15) is 11.5 Å². The van der Waals surface area contributed by atoms with Crippen LogP contribution in [0.3, 0.4) is 0 Å². The molecule has 0 radical (unpaired) electrons. The summed E-state index contributed by atoms with van der Waals surface area (Å²) in [6, 6.07) is 14.2. The van der Waals surface area contributed by atoms with E-state index in [0.29, 0.717) is 0 Å². The second kappa shape index (κ2) is 7.20. The molecule has 0 spiro atoms. The third-order valence-electron chi connectivity index (χ3n) is 4.62. The van der Waals surface area contributed by atoms with Crippen LogP contribution in [0.5, 0.6) is 0 Å². The van der Waals surface area contributed by atoms with Gasteiger partial charge in [-0.3, -0.25) is 4.57 Å². The van der Waals surface area contributed by atoms with E-state index in [-0.39, 0.29) is 8.46 Å². The first-order valence-electron chi connectivity index (χ1n) is 8.69. The molecule has 0 unspecified atom stereocenters. The molecule has 0 aliphatic carbocycles. The fourth-order valence-corrected chi connectivity index (χ4v) is 5.73. The van der Waals surface area contributed by atoms with E-state index >= 15 is 0 Å². The van der Waals surface area contributed by atoms with Crippen LogP contribution >= 0.6 is 31.1 Å². The summed E-state index contributed by atoms with van der Waals surface area (Å²) < 4.78 is 18.0. The van der Waals surface area contributed by atoms with Crippen LogP contribution in [-0.2, 0) is 4.57 Å². The molecule has 0 aliphatic rings. The number of furan rings is 1. The molecule has 4 aromatic rings. The first kappa shape index (κ1) is 18.4. The Morgan fingerprint density at radius 2 is 1.41 bits per heavy atom. The Kier molecular flexibility index (Phi) is 4.90. The Hall–Kier alpha value is -2.00. The van der Waals surface area contributed by atoms with E-state index in [1.54, 1.807) is 22.7 Å². The Morgan fingerprint density at radius 3 is 2.00 bits per heavy atom. The highest BCUT2D eigenvalue weighted by molar-refractivity contribution is 7.34. The third kappa shape index (κ3) is 3.34. The molecule has 27 heavy (non-hydrogen) atoms. The largest absolute Gasteiger partial charge is 0.455 e. The average Bonchev–Trinajstić information content (AvgIpc) is 3.31. The second-order valence-electron chi connectivity index (χ2n) is 6.62. The molecule has 0 N–H and O–H groups in total. The summed E-state index contributed by atoms with van der Waals surface area (Å²) in [6.45, 7) is 8.54. The van der Waals surface area contributed by atoms with Crippen LogP contribution in [0, 0.1) is 27.7 Å². The Bertz CT molecular complexity index is 1080. The van der Waals surface area contributed by atoms with E-state index in [4.69, 9.17) is 4.42 Å². The van der Waals surface area contributed by atoms with Crippen LogP contribution in [0.15, 0.2) is 46.9 Å². The van der Waals surface area contributed by atoms with Gasteiger partial charge in [-0.2, -0.15) is 0 Å². The monoisotopic (exact) mass is 410 g/mol. The number of thiophene rings is 2. The lowest BCUT2D eigenvalue weighted by molar-refractivity contribution is 0.596. The molecule has 0 amide bonds. The number of benzene rings is 1. The molecular formula is C22H19O2PS2. The fourth-order valence-electron chi connectivity index (χ4n) is 3.44. The summed E-state index contributed by atoms with van der Waals surface area (Å²) in [7, 11) is -0.00161. The molecule has 136 valence electrons. The van der Waals surface area contributed by atoms with E-state index in [1.807, 2.05) is 24.3 Å². The van der Waals surface area contributed by atoms with Gasteiger partial charge in [-0.05, 0) is 57.5 Å². The van der Waals surface area contributed by atoms with Crippen molar-refractivity contribution in [3.63, 3.8) is 0 Å². The van der Waals surface area contributed by atoms with Crippen molar-refractivity contribution in [3.8, 4) is 33.8 Å². The number of hydrogen-bond donors (Lipinski definition) is 0. The van der Waals surface area contributed by atoms with Crippen molar-refractivity contribution in [1.82, 2.24) is 0 Å². The van der Waals surface area contributed by atoms with Crippen molar-refractivity contribution in [3.05, 3.63) is 62.0 Å². The fraction of sp³-hybridized carbons (Fsp3) is 0.182. The molecule has 0 fully saturated rings. The minimum Gasteiger partial charge on any atom is -0.455 e. The van der Waals surface area contributed by atoms with Gasteiger partial charge in [-0.1, -0.05) is 18.2 Å². The van der Waals surface area contributed by atoms with E-state index in [0.717, 1.165) is 33.5 Å². The Labute approximate surface area is 168 Å². The molecule has 0 saturated heterocycles. The summed E-state index contributed by atoms with van der Waals surface area (Å²) in [5, 5.41) is 0.737. The topological polar surface area (TPSA) is 30.2 Å². The maximum atomic E-state index is 11.6. The van der Waals surface area contributed by atoms with Crippen molar-refractivity contribution in [2.45, 2.75) is 27.7 Å². The lowest BCUT2D eigenvalue weighted by atomic mass is 10.0. The molecule has 0 bridgehead atoms. The predicted octanol–water partition coefficient (Wildman–Crippen LogP) is 7.55. The van der Waals surface area contributed by atoms with E-state index in [9.17, 15) is 4.57 Å². The van der Waals surface area contributed by atoms with Crippen molar-refractivity contribution < 1.29 is 8.98 Å². The summed E-state index contributed by atoms with van der Waals surface area (Å²) in [5.41, 5.74) is 4.32. The minimum absolute atomic E-state index is 0.00161. The van der Waals surface area contributed by atoms with Crippen LogP contribution in [0.2, 0.25) is 0 Å². The molecule has 1 aromatic carbocycles. The SMILES string of the molecule is Cc1cc(-c2cc(-c3ccccc3P=O)oc2-c2cc(C)sc2C)c(C)s1. The van der Waals surface area contributed by atoms with Gasteiger partial charge in [0.15, 0.2) is 8.46 Å². The Morgan fingerprint density at radius 1 is 0.778 bits per heavy atom. The zero-order valence-electron chi connectivity index (χ0n) is 15.6. The highest BCUT2D eigenvalue weighted by Crippen LogP contribution is 2.44. The Balaban J connectivity index is 1.99. The van der Waals surface area contributed by atoms with Crippen molar-refractivity contribution in [1.29, 1.82) is 0 Å². The molecular weight excluding hydrogens is 391 g/mol. The molecule has 3 heterocycles. The van der Waals surface area contributed by atoms with Gasteiger partial charge >= 0.3 is 0 Å². The zero-order chi connectivity index (χ0) is 19.1. The highest BCUT2D eigenvalue weighted by atomic mass is 32.1. The van der Waals surface area contributed by atoms with Gasteiger partial charge in [-0.25, -0.2) is 0 Å². The lowest BCUT2D eigenvalue weighted by Crippen LogP contribution is -1.95. The van der Waals surface area contributed by atoms with Crippen LogP contribution in [0.25, 0.3) is 33.8 Å². The van der Waals surface area contributed by atoms with Crippen LogP contribution in [0.1, 0.15) is 19.5 Å².